The van der Waals surface area contributed by atoms with Crippen LogP contribution in [-0.4, -0.2) is 0 Å². The van der Waals surface area contributed by atoms with Crippen molar-refractivity contribution in [3.05, 3.63) is 72.0 Å². The normalized spacial score (nSPS) is 10.8. The molecule has 2 N–H and O–H groups in total. The summed E-state index contributed by atoms with van der Waals surface area (Å²) in [5.74, 6) is 0.386. The maximum absolute atomic E-state index is 13.4. The van der Waals surface area contributed by atoms with E-state index < -0.39 is 0 Å². The summed E-state index contributed by atoms with van der Waals surface area (Å²) in [6.07, 6.45) is 0. The third-order valence-electron chi connectivity index (χ3n) is 3.19. The van der Waals surface area contributed by atoms with E-state index in [9.17, 15) is 4.39 Å². The van der Waals surface area contributed by atoms with Crippen molar-refractivity contribution < 1.29 is 4.39 Å². The number of hydrogen-bond donors (Lipinski definition) is 1. The van der Waals surface area contributed by atoms with Crippen molar-refractivity contribution in [2.24, 2.45) is 0 Å². The summed E-state index contributed by atoms with van der Waals surface area (Å²) in [6, 6.07) is 19.6. The van der Waals surface area contributed by atoms with Crippen LogP contribution in [0, 0.1) is 5.82 Å². The molecular formula is C17H14FNS. The third kappa shape index (κ3) is 2.78. The Morgan fingerprint density at radius 1 is 0.900 bits per heavy atom. The van der Waals surface area contributed by atoms with Crippen molar-refractivity contribution in [3.8, 4) is 0 Å². The van der Waals surface area contributed by atoms with Crippen LogP contribution in [0.15, 0.2) is 65.6 Å². The SMILES string of the molecule is Nc1ccc(CSc2ccc3ccccc3c2)cc1F. The van der Waals surface area contributed by atoms with Gasteiger partial charge in [0.2, 0.25) is 0 Å². The quantitative estimate of drug-likeness (QED) is 0.549. The molecule has 0 aromatic heterocycles. The number of fused-ring (bicyclic) bond motifs is 1. The molecule has 0 spiro atoms. The van der Waals surface area contributed by atoms with Crippen LogP contribution in [0.4, 0.5) is 10.1 Å². The largest absolute Gasteiger partial charge is 0.396 e. The average Bonchev–Trinajstić information content (AvgIpc) is 2.48. The minimum Gasteiger partial charge on any atom is -0.396 e. The van der Waals surface area contributed by atoms with Crippen molar-refractivity contribution >= 4 is 28.2 Å². The third-order valence-corrected chi connectivity index (χ3v) is 4.26. The highest BCUT2D eigenvalue weighted by molar-refractivity contribution is 7.98. The summed E-state index contributed by atoms with van der Waals surface area (Å²) in [7, 11) is 0. The Balaban J connectivity index is 1.77. The summed E-state index contributed by atoms with van der Waals surface area (Å²) in [4.78, 5) is 1.18. The summed E-state index contributed by atoms with van der Waals surface area (Å²) in [6.45, 7) is 0. The molecular weight excluding hydrogens is 269 g/mol. The van der Waals surface area contributed by atoms with E-state index >= 15 is 0 Å². The van der Waals surface area contributed by atoms with Crippen LogP contribution in [0.5, 0.6) is 0 Å². The first-order chi connectivity index (χ1) is 9.72. The van der Waals surface area contributed by atoms with E-state index in [1.807, 2.05) is 18.2 Å². The molecule has 3 aromatic carbocycles. The number of nitrogen functional groups attached to an aromatic ring is 1. The lowest BCUT2D eigenvalue weighted by atomic mass is 10.1. The first kappa shape index (κ1) is 13.0. The Labute approximate surface area is 121 Å². The van der Waals surface area contributed by atoms with Gasteiger partial charge in [0.25, 0.3) is 0 Å². The van der Waals surface area contributed by atoms with Crippen LogP contribution < -0.4 is 5.73 Å². The van der Waals surface area contributed by atoms with Gasteiger partial charge in [-0.25, -0.2) is 4.39 Å². The van der Waals surface area contributed by atoms with Crippen LogP contribution in [0.2, 0.25) is 0 Å². The Morgan fingerprint density at radius 2 is 1.70 bits per heavy atom. The zero-order valence-electron chi connectivity index (χ0n) is 10.8. The molecule has 0 unspecified atom stereocenters. The van der Waals surface area contributed by atoms with E-state index in [4.69, 9.17) is 5.73 Å². The zero-order valence-corrected chi connectivity index (χ0v) is 11.7. The van der Waals surface area contributed by atoms with Crippen LogP contribution in [0.1, 0.15) is 5.56 Å². The molecule has 0 bridgehead atoms. The minimum atomic E-state index is -0.346. The number of hydrogen-bond acceptors (Lipinski definition) is 2. The standard InChI is InChI=1S/C17H14FNS/c18-16-9-12(5-8-17(16)19)11-20-15-7-6-13-3-1-2-4-14(13)10-15/h1-10H,11,19H2. The highest BCUT2D eigenvalue weighted by Gasteiger charge is 2.02. The second kappa shape index (κ2) is 5.55. The lowest BCUT2D eigenvalue weighted by molar-refractivity contribution is 0.631. The van der Waals surface area contributed by atoms with E-state index in [2.05, 4.69) is 30.3 Å². The molecule has 20 heavy (non-hydrogen) atoms. The van der Waals surface area contributed by atoms with E-state index in [0.717, 1.165) is 11.3 Å². The second-order valence-electron chi connectivity index (χ2n) is 4.65. The fourth-order valence-corrected chi connectivity index (χ4v) is 2.97. The maximum atomic E-state index is 13.4. The molecule has 0 amide bonds. The highest BCUT2D eigenvalue weighted by atomic mass is 32.2. The molecule has 0 aliphatic carbocycles. The molecule has 3 heteroatoms. The zero-order chi connectivity index (χ0) is 13.9. The van der Waals surface area contributed by atoms with Crippen molar-refractivity contribution in [2.45, 2.75) is 10.6 Å². The van der Waals surface area contributed by atoms with Crippen molar-refractivity contribution in [3.63, 3.8) is 0 Å². The molecule has 0 saturated heterocycles. The van der Waals surface area contributed by atoms with Gasteiger partial charge in [0.05, 0.1) is 5.69 Å². The van der Waals surface area contributed by atoms with Gasteiger partial charge >= 0.3 is 0 Å². The van der Waals surface area contributed by atoms with E-state index in [0.29, 0.717) is 0 Å². The molecule has 0 saturated carbocycles. The number of anilines is 1. The molecule has 0 fully saturated rings. The summed E-state index contributed by atoms with van der Waals surface area (Å²) in [5.41, 5.74) is 6.61. The number of nitrogens with two attached hydrogens (primary N) is 1. The molecule has 0 atom stereocenters. The molecule has 3 aromatic rings. The average molecular weight is 283 g/mol. The fourth-order valence-electron chi connectivity index (χ4n) is 2.08. The molecule has 0 radical (unpaired) electrons. The Bertz CT molecular complexity index is 755. The van der Waals surface area contributed by atoms with Gasteiger partial charge in [-0.05, 0) is 40.6 Å². The van der Waals surface area contributed by atoms with E-state index in [1.54, 1.807) is 17.8 Å². The molecule has 100 valence electrons. The second-order valence-corrected chi connectivity index (χ2v) is 5.70. The predicted octanol–water partition coefficient (Wildman–Crippen LogP) is 4.85. The Morgan fingerprint density at radius 3 is 2.50 bits per heavy atom. The molecule has 3 rings (SSSR count). The Kier molecular flexibility index (Phi) is 3.61. The van der Waals surface area contributed by atoms with Gasteiger partial charge in [-0.3, -0.25) is 0 Å². The first-order valence-electron chi connectivity index (χ1n) is 6.38. The van der Waals surface area contributed by atoms with E-state index in [1.165, 1.54) is 21.7 Å². The van der Waals surface area contributed by atoms with Crippen LogP contribution in [0.25, 0.3) is 10.8 Å². The van der Waals surface area contributed by atoms with Crippen LogP contribution >= 0.6 is 11.8 Å². The predicted molar refractivity (Wildman–Crippen MR) is 84.3 cm³/mol. The molecule has 0 aliphatic rings. The highest BCUT2D eigenvalue weighted by Crippen LogP contribution is 2.27. The lowest BCUT2D eigenvalue weighted by Crippen LogP contribution is -1.91. The van der Waals surface area contributed by atoms with Gasteiger partial charge in [-0.15, -0.1) is 11.8 Å². The number of halogens is 1. The Hall–Kier alpha value is -2.00. The summed E-state index contributed by atoms with van der Waals surface area (Å²) in [5, 5.41) is 2.45. The van der Waals surface area contributed by atoms with Crippen LogP contribution in [0.3, 0.4) is 0 Å². The summed E-state index contributed by atoms with van der Waals surface area (Å²) < 4.78 is 13.4. The maximum Gasteiger partial charge on any atom is 0.146 e. The monoisotopic (exact) mass is 283 g/mol. The number of thioether (sulfide) groups is 1. The molecule has 1 nitrogen and oxygen atoms in total. The number of rotatable bonds is 3. The fraction of sp³-hybridized carbons (Fsp3) is 0.0588. The van der Waals surface area contributed by atoms with Gasteiger partial charge in [-0.1, -0.05) is 36.4 Å². The first-order valence-corrected chi connectivity index (χ1v) is 7.36. The minimum absolute atomic E-state index is 0.199. The molecule has 0 heterocycles. The topological polar surface area (TPSA) is 26.0 Å². The van der Waals surface area contributed by atoms with Gasteiger partial charge in [0.1, 0.15) is 5.82 Å². The smallest absolute Gasteiger partial charge is 0.146 e. The summed E-state index contributed by atoms with van der Waals surface area (Å²) >= 11 is 1.70. The van der Waals surface area contributed by atoms with Gasteiger partial charge in [0.15, 0.2) is 0 Å². The van der Waals surface area contributed by atoms with Crippen molar-refractivity contribution in [2.75, 3.05) is 5.73 Å². The van der Waals surface area contributed by atoms with Crippen molar-refractivity contribution in [1.82, 2.24) is 0 Å². The van der Waals surface area contributed by atoms with Gasteiger partial charge < -0.3 is 5.73 Å². The van der Waals surface area contributed by atoms with E-state index in [-0.39, 0.29) is 11.5 Å². The van der Waals surface area contributed by atoms with Gasteiger partial charge in [0, 0.05) is 10.6 Å². The van der Waals surface area contributed by atoms with Gasteiger partial charge in [-0.2, -0.15) is 0 Å². The van der Waals surface area contributed by atoms with Crippen molar-refractivity contribution in [1.29, 1.82) is 0 Å². The molecule has 0 aliphatic heterocycles. The number of benzene rings is 3. The van der Waals surface area contributed by atoms with Crippen LogP contribution in [-0.2, 0) is 5.75 Å². The lowest BCUT2D eigenvalue weighted by Gasteiger charge is -2.05.